The number of benzene rings is 1. The summed E-state index contributed by atoms with van der Waals surface area (Å²) in [4.78, 5) is 0. The van der Waals surface area contributed by atoms with E-state index in [1.54, 1.807) is 0 Å². The van der Waals surface area contributed by atoms with Gasteiger partial charge in [0.1, 0.15) is 11.6 Å². The highest BCUT2D eigenvalue weighted by Crippen LogP contribution is 2.44. The molecular weight excluding hydrogens is 232 g/mol. The minimum atomic E-state index is -0.713. The SMILES string of the molecule is CC1CC(C)(C)Nc2c(Cl)c(F)cc(F)c21. The first kappa shape index (κ1) is 11.6. The van der Waals surface area contributed by atoms with Crippen LogP contribution in [0.3, 0.4) is 0 Å². The summed E-state index contributed by atoms with van der Waals surface area (Å²) in [6.45, 7) is 5.91. The molecule has 88 valence electrons. The van der Waals surface area contributed by atoms with Crippen LogP contribution in [0.5, 0.6) is 0 Å². The van der Waals surface area contributed by atoms with E-state index in [4.69, 9.17) is 11.6 Å². The van der Waals surface area contributed by atoms with E-state index in [1.807, 2.05) is 20.8 Å². The van der Waals surface area contributed by atoms with Crippen LogP contribution in [0.2, 0.25) is 5.02 Å². The molecule has 0 spiro atoms. The summed E-state index contributed by atoms with van der Waals surface area (Å²) in [5.74, 6) is -1.20. The number of anilines is 1. The lowest BCUT2D eigenvalue weighted by Crippen LogP contribution is -2.37. The molecule has 1 atom stereocenters. The van der Waals surface area contributed by atoms with Crippen LogP contribution in [0, 0.1) is 11.6 Å². The topological polar surface area (TPSA) is 12.0 Å². The van der Waals surface area contributed by atoms with Crippen LogP contribution in [0.4, 0.5) is 14.5 Å². The zero-order valence-corrected chi connectivity index (χ0v) is 10.3. The summed E-state index contributed by atoms with van der Waals surface area (Å²) in [5.41, 5.74) is 0.699. The Kier molecular flexibility index (Phi) is 2.61. The molecule has 0 radical (unpaired) electrons. The smallest absolute Gasteiger partial charge is 0.146 e. The van der Waals surface area contributed by atoms with Crippen molar-refractivity contribution in [3.63, 3.8) is 0 Å². The van der Waals surface area contributed by atoms with Crippen molar-refractivity contribution in [3.05, 3.63) is 28.3 Å². The largest absolute Gasteiger partial charge is 0.379 e. The second-order valence-electron chi connectivity index (χ2n) is 5.06. The van der Waals surface area contributed by atoms with Crippen LogP contribution in [0.1, 0.15) is 38.7 Å². The van der Waals surface area contributed by atoms with Crippen molar-refractivity contribution in [2.45, 2.75) is 38.6 Å². The van der Waals surface area contributed by atoms with Gasteiger partial charge in [-0.05, 0) is 26.2 Å². The standard InChI is InChI=1S/C12H14ClF2N/c1-6-5-12(2,3)16-11-9(6)7(14)4-8(15)10(11)13/h4,6,16H,5H2,1-3H3. The average molecular weight is 246 g/mol. The summed E-state index contributed by atoms with van der Waals surface area (Å²) >= 11 is 5.87. The van der Waals surface area contributed by atoms with E-state index in [0.29, 0.717) is 11.3 Å². The van der Waals surface area contributed by atoms with Gasteiger partial charge in [-0.3, -0.25) is 0 Å². The third kappa shape index (κ3) is 1.77. The number of hydrogen-bond acceptors (Lipinski definition) is 1. The van der Waals surface area contributed by atoms with Gasteiger partial charge in [-0.15, -0.1) is 0 Å². The second-order valence-corrected chi connectivity index (χ2v) is 5.43. The lowest BCUT2D eigenvalue weighted by atomic mass is 9.81. The Morgan fingerprint density at radius 1 is 1.38 bits per heavy atom. The molecule has 1 aliphatic heterocycles. The molecule has 1 unspecified atom stereocenters. The molecule has 1 aromatic carbocycles. The quantitative estimate of drug-likeness (QED) is 0.672. The monoisotopic (exact) mass is 245 g/mol. The summed E-state index contributed by atoms with van der Waals surface area (Å²) in [5, 5.41) is 3.09. The Bertz CT molecular complexity index is 443. The van der Waals surface area contributed by atoms with Crippen molar-refractivity contribution in [1.29, 1.82) is 0 Å². The highest BCUT2D eigenvalue weighted by Gasteiger charge is 2.33. The van der Waals surface area contributed by atoms with Crippen LogP contribution in [-0.2, 0) is 0 Å². The second kappa shape index (κ2) is 3.59. The summed E-state index contributed by atoms with van der Waals surface area (Å²) in [6, 6.07) is 0.859. The molecule has 1 N–H and O–H groups in total. The Labute approximate surface area is 98.8 Å². The predicted molar refractivity (Wildman–Crippen MR) is 62.1 cm³/mol. The molecule has 1 aliphatic rings. The van der Waals surface area contributed by atoms with E-state index in [0.717, 1.165) is 12.5 Å². The van der Waals surface area contributed by atoms with Gasteiger partial charge in [-0.2, -0.15) is 0 Å². The molecule has 0 saturated carbocycles. The minimum Gasteiger partial charge on any atom is -0.379 e. The molecule has 0 saturated heterocycles. The number of nitrogens with one attached hydrogen (secondary N) is 1. The first-order valence-corrected chi connectivity index (χ1v) is 5.65. The van der Waals surface area contributed by atoms with Gasteiger partial charge < -0.3 is 5.32 Å². The lowest BCUT2D eigenvalue weighted by Gasteiger charge is -2.38. The van der Waals surface area contributed by atoms with E-state index in [2.05, 4.69) is 5.32 Å². The summed E-state index contributed by atoms with van der Waals surface area (Å²) < 4.78 is 27.0. The van der Waals surface area contributed by atoms with Crippen LogP contribution >= 0.6 is 11.6 Å². The van der Waals surface area contributed by atoms with Crippen molar-refractivity contribution in [2.24, 2.45) is 0 Å². The lowest BCUT2D eigenvalue weighted by molar-refractivity contribution is 0.437. The Morgan fingerprint density at radius 2 is 2.00 bits per heavy atom. The highest BCUT2D eigenvalue weighted by atomic mass is 35.5. The van der Waals surface area contributed by atoms with Crippen LogP contribution in [0.25, 0.3) is 0 Å². The third-order valence-corrected chi connectivity index (χ3v) is 3.35. The third-order valence-electron chi connectivity index (χ3n) is 2.98. The van der Waals surface area contributed by atoms with Crippen LogP contribution in [0.15, 0.2) is 6.07 Å². The van der Waals surface area contributed by atoms with Gasteiger partial charge in [0.05, 0.1) is 10.7 Å². The van der Waals surface area contributed by atoms with Crippen molar-refractivity contribution >= 4 is 17.3 Å². The van der Waals surface area contributed by atoms with Crippen molar-refractivity contribution in [3.8, 4) is 0 Å². The molecule has 4 heteroatoms. The maximum absolute atomic E-state index is 13.7. The van der Waals surface area contributed by atoms with Gasteiger partial charge >= 0.3 is 0 Å². The molecule has 0 fully saturated rings. The van der Waals surface area contributed by atoms with Crippen LogP contribution in [-0.4, -0.2) is 5.54 Å². The normalized spacial score (nSPS) is 22.5. The fourth-order valence-electron chi connectivity index (χ4n) is 2.47. The Balaban J connectivity index is 2.65. The van der Waals surface area contributed by atoms with E-state index in [-0.39, 0.29) is 16.5 Å². The predicted octanol–water partition coefficient (Wildman–Crippen LogP) is 4.32. The van der Waals surface area contributed by atoms with Crippen LogP contribution < -0.4 is 5.32 Å². The van der Waals surface area contributed by atoms with Gasteiger partial charge in [-0.25, -0.2) is 8.78 Å². The highest BCUT2D eigenvalue weighted by molar-refractivity contribution is 6.33. The zero-order valence-electron chi connectivity index (χ0n) is 9.50. The van der Waals surface area contributed by atoms with Gasteiger partial charge in [0.15, 0.2) is 0 Å². The maximum atomic E-state index is 13.7. The number of fused-ring (bicyclic) bond motifs is 1. The van der Waals surface area contributed by atoms with Gasteiger partial charge in [0, 0.05) is 17.2 Å². The number of hydrogen-bond donors (Lipinski definition) is 1. The fourth-order valence-corrected chi connectivity index (χ4v) is 2.67. The summed E-state index contributed by atoms with van der Waals surface area (Å²) in [7, 11) is 0. The molecule has 0 aliphatic carbocycles. The maximum Gasteiger partial charge on any atom is 0.146 e. The molecule has 0 bridgehead atoms. The molecule has 2 rings (SSSR count). The fraction of sp³-hybridized carbons (Fsp3) is 0.500. The number of rotatable bonds is 0. The van der Waals surface area contributed by atoms with Gasteiger partial charge in [0.2, 0.25) is 0 Å². The zero-order chi connectivity index (χ0) is 12.1. The average Bonchev–Trinajstić information content (AvgIpc) is 2.11. The van der Waals surface area contributed by atoms with Gasteiger partial charge in [0.25, 0.3) is 0 Å². The molecule has 1 heterocycles. The van der Waals surface area contributed by atoms with E-state index >= 15 is 0 Å². The first-order chi connectivity index (χ1) is 7.32. The van der Waals surface area contributed by atoms with E-state index in [1.165, 1.54) is 0 Å². The van der Waals surface area contributed by atoms with Gasteiger partial charge in [-0.1, -0.05) is 18.5 Å². The van der Waals surface area contributed by atoms with E-state index in [9.17, 15) is 8.78 Å². The molecule has 1 aromatic rings. The molecule has 16 heavy (non-hydrogen) atoms. The van der Waals surface area contributed by atoms with Crippen molar-refractivity contribution < 1.29 is 8.78 Å². The minimum absolute atomic E-state index is 0.0176. The van der Waals surface area contributed by atoms with Crippen molar-refractivity contribution in [2.75, 3.05) is 5.32 Å². The summed E-state index contributed by atoms with van der Waals surface area (Å²) in [6.07, 6.45) is 0.791. The number of halogens is 3. The molecule has 1 nitrogen and oxygen atoms in total. The first-order valence-electron chi connectivity index (χ1n) is 5.27. The molecular formula is C12H14ClF2N. The Hall–Kier alpha value is -0.830. The van der Waals surface area contributed by atoms with E-state index < -0.39 is 11.6 Å². The molecule has 0 aromatic heterocycles. The molecule has 0 amide bonds. The Morgan fingerprint density at radius 3 is 2.62 bits per heavy atom. The van der Waals surface area contributed by atoms with Crippen molar-refractivity contribution in [1.82, 2.24) is 0 Å².